The van der Waals surface area contributed by atoms with Crippen LogP contribution in [0.3, 0.4) is 0 Å². The van der Waals surface area contributed by atoms with Crippen molar-refractivity contribution >= 4 is 61.6 Å². The van der Waals surface area contributed by atoms with Gasteiger partial charge in [-0.3, -0.25) is 18.9 Å². The van der Waals surface area contributed by atoms with Gasteiger partial charge >= 0.3 is 0 Å². The van der Waals surface area contributed by atoms with Crippen molar-refractivity contribution in [1.29, 1.82) is 0 Å². The highest BCUT2D eigenvalue weighted by Gasteiger charge is 2.42. The summed E-state index contributed by atoms with van der Waals surface area (Å²) in [5.41, 5.74) is 0.683. The van der Waals surface area contributed by atoms with E-state index in [1.54, 1.807) is 24.4 Å². The maximum Gasteiger partial charge on any atom is 0.267 e. The molecule has 0 spiro atoms. The smallest absolute Gasteiger partial charge is 0.267 e. The van der Waals surface area contributed by atoms with Crippen molar-refractivity contribution in [3.8, 4) is 0 Å². The number of amides is 1. The molecule has 0 bridgehead atoms. The number of hydrogen-bond acceptors (Lipinski definition) is 8. The van der Waals surface area contributed by atoms with Crippen molar-refractivity contribution in [2.24, 2.45) is 0 Å². The molecule has 0 aromatic carbocycles. The number of anilines is 1. The van der Waals surface area contributed by atoms with Crippen molar-refractivity contribution in [2.75, 3.05) is 23.0 Å². The first kappa shape index (κ1) is 23.5. The van der Waals surface area contributed by atoms with E-state index in [1.165, 1.54) is 9.30 Å². The second kappa shape index (κ2) is 9.09. The van der Waals surface area contributed by atoms with E-state index >= 15 is 0 Å². The van der Waals surface area contributed by atoms with Crippen LogP contribution in [0.5, 0.6) is 0 Å². The third-order valence-electron chi connectivity index (χ3n) is 6.79. The Morgan fingerprint density at radius 1 is 1.24 bits per heavy atom. The van der Waals surface area contributed by atoms with Gasteiger partial charge in [-0.25, -0.2) is 13.4 Å². The number of pyridine rings is 1. The molecule has 34 heavy (non-hydrogen) atoms. The Hall–Kier alpha value is -2.24. The Kier molecular flexibility index (Phi) is 6.28. The number of rotatable bonds is 4. The number of fused-ring (bicyclic) bond motifs is 1. The summed E-state index contributed by atoms with van der Waals surface area (Å²) in [4.78, 5) is 35.7. The summed E-state index contributed by atoms with van der Waals surface area (Å²) >= 11 is 6.57. The monoisotopic (exact) mass is 518 g/mol. The minimum absolute atomic E-state index is 0.0568. The quantitative estimate of drug-likeness (QED) is 0.451. The first-order valence-electron chi connectivity index (χ1n) is 11.5. The second-order valence-corrected chi connectivity index (χ2v) is 12.8. The topological polar surface area (TPSA) is 92.1 Å². The lowest BCUT2D eigenvalue weighted by atomic mass is 9.99. The molecule has 0 saturated carbocycles. The highest BCUT2D eigenvalue weighted by molar-refractivity contribution is 8.26. The van der Waals surface area contributed by atoms with E-state index in [1.807, 2.05) is 6.07 Å². The van der Waals surface area contributed by atoms with Gasteiger partial charge in [-0.1, -0.05) is 37.0 Å². The molecule has 11 heteroatoms. The SMILES string of the molecule is CCC1CCCCN1c1nc2ccccn2c(=O)c1C=C1SC(=S)N(C2CCS(=O)(=O)C2)C1=O. The average molecular weight is 519 g/mol. The largest absolute Gasteiger partial charge is 0.353 e. The molecule has 5 heterocycles. The molecule has 3 aliphatic rings. The average Bonchev–Trinajstić information content (AvgIpc) is 3.32. The normalized spacial score (nSPS) is 26.2. The summed E-state index contributed by atoms with van der Waals surface area (Å²) in [5, 5.41) is 0. The summed E-state index contributed by atoms with van der Waals surface area (Å²) in [6.07, 6.45) is 7.78. The van der Waals surface area contributed by atoms with Gasteiger partial charge in [0.2, 0.25) is 0 Å². The molecule has 1 amide bonds. The molecule has 2 aromatic rings. The minimum Gasteiger partial charge on any atom is -0.353 e. The number of sulfone groups is 1. The van der Waals surface area contributed by atoms with Crippen molar-refractivity contribution in [2.45, 2.75) is 51.1 Å². The molecule has 180 valence electrons. The zero-order chi connectivity index (χ0) is 24.0. The summed E-state index contributed by atoms with van der Waals surface area (Å²) in [7, 11) is -3.17. The van der Waals surface area contributed by atoms with E-state index in [9.17, 15) is 18.0 Å². The molecule has 3 fully saturated rings. The zero-order valence-corrected chi connectivity index (χ0v) is 21.3. The van der Waals surface area contributed by atoms with Crippen LogP contribution in [0.2, 0.25) is 0 Å². The van der Waals surface area contributed by atoms with E-state index in [0.29, 0.717) is 32.7 Å². The van der Waals surface area contributed by atoms with Gasteiger partial charge in [0.1, 0.15) is 15.8 Å². The maximum absolute atomic E-state index is 13.6. The highest BCUT2D eigenvalue weighted by Crippen LogP contribution is 2.37. The molecule has 2 aromatic heterocycles. The van der Waals surface area contributed by atoms with Crippen LogP contribution in [0.4, 0.5) is 5.82 Å². The third-order valence-corrected chi connectivity index (χ3v) is 9.87. The predicted molar refractivity (Wildman–Crippen MR) is 139 cm³/mol. The van der Waals surface area contributed by atoms with Crippen molar-refractivity contribution < 1.29 is 13.2 Å². The molecule has 3 saturated heterocycles. The number of piperidine rings is 1. The van der Waals surface area contributed by atoms with Crippen molar-refractivity contribution in [3.63, 3.8) is 0 Å². The van der Waals surface area contributed by atoms with Crippen molar-refractivity contribution in [3.05, 3.63) is 45.2 Å². The standard InChI is InChI=1S/C23H26N4O4S3/c1-2-15-7-3-5-10-25(15)20-17(21(28)26-11-6-4-8-19(26)24-20)13-18-22(29)27(23(32)33-18)16-9-12-34(30,31)14-16/h4,6,8,11,13,15-16H,2-3,5,7,9-10,12,14H2,1H3. The van der Waals surface area contributed by atoms with Crippen LogP contribution >= 0.6 is 24.0 Å². The zero-order valence-electron chi connectivity index (χ0n) is 18.8. The van der Waals surface area contributed by atoms with Crippen LogP contribution in [0, 0.1) is 0 Å². The van der Waals surface area contributed by atoms with Gasteiger partial charge in [0.25, 0.3) is 11.5 Å². The van der Waals surface area contributed by atoms with Crippen LogP contribution < -0.4 is 10.5 Å². The lowest BCUT2D eigenvalue weighted by Crippen LogP contribution is -2.41. The number of hydrogen-bond donors (Lipinski definition) is 0. The molecule has 3 aliphatic heterocycles. The second-order valence-electron chi connectivity index (χ2n) is 8.94. The lowest BCUT2D eigenvalue weighted by Gasteiger charge is -2.37. The molecule has 8 nitrogen and oxygen atoms in total. The van der Waals surface area contributed by atoms with Gasteiger partial charge in [-0.15, -0.1) is 0 Å². The van der Waals surface area contributed by atoms with Crippen LogP contribution in [0.25, 0.3) is 11.7 Å². The lowest BCUT2D eigenvalue weighted by molar-refractivity contribution is -0.123. The van der Waals surface area contributed by atoms with Gasteiger partial charge in [-0.2, -0.15) is 0 Å². The van der Waals surface area contributed by atoms with E-state index < -0.39 is 15.9 Å². The highest BCUT2D eigenvalue weighted by atomic mass is 32.2. The number of nitrogens with zero attached hydrogens (tertiary/aromatic N) is 4. The van der Waals surface area contributed by atoms with Crippen LogP contribution in [0.1, 0.15) is 44.6 Å². The van der Waals surface area contributed by atoms with E-state index in [-0.39, 0.29) is 29.0 Å². The fourth-order valence-electron chi connectivity index (χ4n) is 5.04. The van der Waals surface area contributed by atoms with Crippen LogP contribution in [-0.4, -0.2) is 63.1 Å². The fraction of sp³-hybridized carbons (Fsp3) is 0.478. The van der Waals surface area contributed by atoms with Gasteiger partial charge in [0.15, 0.2) is 9.84 Å². The van der Waals surface area contributed by atoms with Crippen LogP contribution in [-0.2, 0) is 14.6 Å². The number of thiocarbonyl (C=S) groups is 1. The molecule has 0 aliphatic carbocycles. The predicted octanol–water partition coefficient (Wildman–Crippen LogP) is 2.85. The molecular formula is C23H26N4O4S3. The molecule has 0 N–H and O–H groups in total. The maximum atomic E-state index is 13.6. The first-order chi connectivity index (χ1) is 16.3. The molecule has 5 rings (SSSR count). The van der Waals surface area contributed by atoms with E-state index in [2.05, 4.69) is 11.8 Å². The summed E-state index contributed by atoms with van der Waals surface area (Å²) in [6.45, 7) is 2.94. The van der Waals surface area contributed by atoms with Gasteiger partial charge in [-0.05, 0) is 50.3 Å². The van der Waals surface area contributed by atoms with Crippen molar-refractivity contribution in [1.82, 2.24) is 14.3 Å². The Morgan fingerprint density at radius 2 is 2.06 bits per heavy atom. The molecule has 2 unspecified atom stereocenters. The molecule has 0 radical (unpaired) electrons. The Bertz CT molecular complexity index is 1370. The van der Waals surface area contributed by atoms with E-state index in [0.717, 1.165) is 44.0 Å². The third kappa shape index (κ3) is 4.18. The molecular weight excluding hydrogens is 492 g/mol. The van der Waals surface area contributed by atoms with Gasteiger partial charge in [0, 0.05) is 18.8 Å². The first-order valence-corrected chi connectivity index (χ1v) is 14.6. The minimum atomic E-state index is -3.17. The number of aromatic nitrogens is 2. The van der Waals surface area contributed by atoms with Gasteiger partial charge in [0.05, 0.1) is 28.0 Å². The summed E-state index contributed by atoms with van der Waals surface area (Å²) < 4.78 is 25.8. The van der Waals surface area contributed by atoms with E-state index in [4.69, 9.17) is 17.2 Å². The number of carbonyl (C=O) groups excluding carboxylic acids is 1. The fourth-order valence-corrected chi connectivity index (χ4v) is 8.13. The van der Waals surface area contributed by atoms with Crippen LogP contribution in [0.15, 0.2) is 34.1 Å². The Labute approximate surface area is 207 Å². The molecule has 2 atom stereocenters. The summed E-state index contributed by atoms with van der Waals surface area (Å²) in [6, 6.07) is 5.25. The summed E-state index contributed by atoms with van der Waals surface area (Å²) in [5.74, 6) is 0.230. The number of thioether (sulfide) groups is 1. The number of carbonyl (C=O) groups is 1. The Morgan fingerprint density at radius 3 is 2.79 bits per heavy atom. The van der Waals surface area contributed by atoms with Gasteiger partial charge < -0.3 is 4.90 Å². The Balaban J connectivity index is 1.60.